The molecule has 4 rings (SSSR count). The van der Waals surface area contributed by atoms with Crippen LogP contribution in [0.5, 0.6) is 11.5 Å². The van der Waals surface area contributed by atoms with Crippen molar-refractivity contribution in [3.05, 3.63) is 60.0 Å². The van der Waals surface area contributed by atoms with E-state index in [1.807, 2.05) is 42.5 Å². The maximum atomic E-state index is 6.15. The van der Waals surface area contributed by atoms with Gasteiger partial charge < -0.3 is 13.9 Å². The monoisotopic (exact) mass is 350 g/mol. The van der Waals surface area contributed by atoms with Gasteiger partial charge in [-0.15, -0.1) is 10.2 Å². The van der Waals surface area contributed by atoms with E-state index in [4.69, 9.17) is 13.9 Å². The number of ether oxygens (including phenoxy) is 2. The third kappa shape index (κ3) is 2.73. The Morgan fingerprint density at radius 1 is 0.885 bits per heavy atom. The number of hydrogen-bond donors (Lipinski definition) is 0. The number of hydrogen-bond acceptors (Lipinski definition) is 5. The lowest BCUT2D eigenvalue weighted by Gasteiger charge is -2.26. The number of aromatic nitrogens is 2. The first-order valence-corrected chi connectivity index (χ1v) is 8.89. The second-order valence-corrected chi connectivity index (χ2v) is 6.64. The molecule has 2 aromatic carbocycles. The van der Waals surface area contributed by atoms with Crippen molar-refractivity contribution in [1.82, 2.24) is 10.2 Å². The first kappa shape index (κ1) is 16.6. The molecule has 1 saturated carbocycles. The van der Waals surface area contributed by atoms with E-state index in [0.29, 0.717) is 11.8 Å². The van der Waals surface area contributed by atoms with Crippen LogP contribution in [0.2, 0.25) is 0 Å². The van der Waals surface area contributed by atoms with Gasteiger partial charge in [0.25, 0.3) is 0 Å². The Morgan fingerprint density at radius 3 is 2.31 bits per heavy atom. The van der Waals surface area contributed by atoms with E-state index in [1.165, 1.54) is 0 Å². The molecule has 1 aromatic heterocycles. The summed E-state index contributed by atoms with van der Waals surface area (Å²) in [4.78, 5) is 0. The zero-order chi connectivity index (χ0) is 18.0. The predicted octanol–water partition coefficient (Wildman–Crippen LogP) is 4.61. The van der Waals surface area contributed by atoms with Crippen LogP contribution in [-0.4, -0.2) is 24.4 Å². The molecule has 0 amide bonds. The second-order valence-electron chi connectivity index (χ2n) is 6.64. The smallest absolute Gasteiger partial charge is 0.247 e. The number of methoxy groups -OCH3 is 2. The van der Waals surface area contributed by atoms with Crippen LogP contribution in [0.4, 0.5) is 0 Å². The normalized spacial score (nSPS) is 15.8. The topological polar surface area (TPSA) is 57.4 Å². The van der Waals surface area contributed by atoms with E-state index in [9.17, 15) is 0 Å². The van der Waals surface area contributed by atoms with Crippen LogP contribution < -0.4 is 9.47 Å². The molecule has 0 bridgehead atoms. The standard InChI is InChI=1S/C21H22N2O3/c1-24-17-11-10-16(14-18(17)25-2)21(12-6-7-13-21)20-23-22-19(26-20)15-8-4-3-5-9-15/h3-5,8-11,14H,6-7,12-13H2,1-2H3. The van der Waals surface area contributed by atoms with E-state index in [0.717, 1.165) is 48.3 Å². The van der Waals surface area contributed by atoms with E-state index < -0.39 is 0 Å². The molecule has 1 heterocycles. The summed E-state index contributed by atoms with van der Waals surface area (Å²) in [6, 6.07) is 15.9. The quantitative estimate of drug-likeness (QED) is 0.672. The highest BCUT2D eigenvalue weighted by Crippen LogP contribution is 2.48. The van der Waals surface area contributed by atoms with Gasteiger partial charge in [-0.2, -0.15) is 0 Å². The molecule has 26 heavy (non-hydrogen) atoms. The van der Waals surface area contributed by atoms with E-state index in [2.05, 4.69) is 16.3 Å². The summed E-state index contributed by atoms with van der Waals surface area (Å²) in [7, 11) is 3.30. The molecule has 1 aliphatic rings. The van der Waals surface area contributed by atoms with E-state index >= 15 is 0 Å². The molecule has 1 fully saturated rings. The van der Waals surface area contributed by atoms with Gasteiger partial charge in [0.15, 0.2) is 11.5 Å². The third-order valence-corrected chi connectivity index (χ3v) is 5.25. The molecular formula is C21H22N2O3. The highest BCUT2D eigenvalue weighted by Gasteiger charge is 2.42. The summed E-state index contributed by atoms with van der Waals surface area (Å²) in [6.07, 6.45) is 4.24. The lowest BCUT2D eigenvalue weighted by molar-refractivity contribution is 0.349. The Labute approximate surface area is 153 Å². The SMILES string of the molecule is COc1ccc(C2(c3nnc(-c4ccccc4)o3)CCCC2)cc1OC. The fourth-order valence-corrected chi connectivity index (χ4v) is 3.85. The minimum Gasteiger partial charge on any atom is -0.493 e. The molecule has 5 heteroatoms. The maximum Gasteiger partial charge on any atom is 0.247 e. The van der Waals surface area contributed by atoms with Gasteiger partial charge in [-0.25, -0.2) is 0 Å². The fraction of sp³-hybridized carbons (Fsp3) is 0.333. The van der Waals surface area contributed by atoms with Gasteiger partial charge in [0.1, 0.15) is 0 Å². The summed E-state index contributed by atoms with van der Waals surface area (Å²) >= 11 is 0. The van der Waals surface area contributed by atoms with Crippen molar-refractivity contribution >= 4 is 0 Å². The van der Waals surface area contributed by atoms with Crippen LogP contribution in [-0.2, 0) is 5.41 Å². The fourth-order valence-electron chi connectivity index (χ4n) is 3.85. The lowest BCUT2D eigenvalue weighted by atomic mass is 9.78. The molecule has 0 spiro atoms. The van der Waals surface area contributed by atoms with Gasteiger partial charge in [-0.05, 0) is 42.7 Å². The van der Waals surface area contributed by atoms with Crippen LogP contribution in [0.25, 0.3) is 11.5 Å². The Morgan fingerprint density at radius 2 is 1.62 bits per heavy atom. The Hall–Kier alpha value is -2.82. The Bertz CT molecular complexity index is 883. The van der Waals surface area contributed by atoms with Crippen molar-refractivity contribution in [1.29, 1.82) is 0 Å². The average molecular weight is 350 g/mol. The maximum absolute atomic E-state index is 6.15. The van der Waals surface area contributed by atoms with Gasteiger partial charge in [0.2, 0.25) is 11.8 Å². The van der Waals surface area contributed by atoms with Gasteiger partial charge >= 0.3 is 0 Å². The van der Waals surface area contributed by atoms with Crippen molar-refractivity contribution < 1.29 is 13.9 Å². The molecule has 0 atom stereocenters. The van der Waals surface area contributed by atoms with Crippen molar-refractivity contribution in [2.75, 3.05) is 14.2 Å². The first-order valence-electron chi connectivity index (χ1n) is 8.89. The van der Waals surface area contributed by atoms with Crippen molar-refractivity contribution in [3.8, 4) is 23.0 Å². The Balaban J connectivity index is 1.77. The van der Waals surface area contributed by atoms with Crippen LogP contribution in [0, 0.1) is 0 Å². The number of benzene rings is 2. The summed E-state index contributed by atoms with van der Waals surface area (Å²) in [6.45, 7) is 0. The van der Waals surface area contributed by atoms with Crippen LogP contribution in [0.15, 0.2) is 52.9 Å². The molecular weight excluding hydrogens is 328 g/mol. The summed E-state index contributed by atoms with van der Waals surface area (Å²) in [5.74, 6) is 2.69. The number of nitrogens with zero attached hydrogens (tertiary/aromatic N) is 2. The summed E-state index contributed by atoms with van der Waals surface area (Å²) in [5.41, 5.74) is 1.81. The molecule has 0 unspecified atom stereocenters. The molecule has 0 N–H and O–H groups in total. The molecule has 0 radical (unpaired) electrons. The number of rotatable bonds is 5. The second kappa shape index (κ2) is 6.83. The van der Waals surface area contributed by atoms with E-state index in [-0.39, 0.29) is 5.41 Å². The minimum absolute atomic E-state index is 0.264. The lowest BCUT2D eigenvalue weighted by Crippen LogP contribution is -2.24. The van der Waals surface area contributed by atoms with Crippen LogP contribution in [0.1, 0.15) is 37.1 Å². The molecule has 134 valence electrons. The molecule has 5 nitrogen and oxygen atoms in total. The van der Waals surface area contributed by atoms with Gasteiger partial charge in [0, 0.05) is 5.56 Å². The van der Waals surface area contributed by atoms with Crippen LogP contribution in [0.3, 0.4) is 0 Å². The van der Waals surface area contributed by atoms with E-state index in [1.54, 1.807) is 14.2 Å². The summed E-state index contributed by atoms with van der Waals surface area (Å²) < 4.78 is 17.0. The van der Waals surface area contributed by atoms with Crippen molar-refractivity contribution in [2.45, 2.75) is 31.1 Å². The van der Waals surface area contributed by atoms with Gasteiger partial charge in [-0.1, -0.05) is 37.1 Å². The molecule has 1 aliphatic carbocycles. The van der Waals surface area contributed by atoms with Crippen molar-refractivity contribution in [3.63, 3.8) is 0 Å². The third-order valence-electron chi connectivity index (χ3n) is 5.25. The summed E-state index contributed by atoms with van der Waals surface area (Å²) in [5, 5.41) is 8.74. The minimum atomic E-state index is -0.264. The zero-order valence-electron chi connectivity index (χ0n) is 15.1. The highest BCUT2D eigenvalue weighted by atomic mass is 16.5. The largest absolute Gasteiger partial charge is 0.493 e. The highest BCUT2D eigenvalue weighted by molar-refractivity contribution is 5.52. The zero-order valence-corrected chi connectivity index (χ0v) is 15.1. The molecule has 0 saturated heterocycles. The van der Waals surface area contributed by atoms with Gasteiger partial charge in [-0.3, -0.25) is 0 Å². The van der Waals surface area contributed by atoms with Gasteiger partial charge in [0.05, 0.1) is 19.6 Å². The molecule has 3 aromatic rings. The average Bonchev–Trinajstić information content (AvgIpc) is 3.38. The van der Waals surface area contributed by atoms with Crippen LogP contribution >= 0.6 is 0 Å². The molecule has 0 aliphatic heterocycles. The van der Waals surface area contributed by atoms with Crippen molar-refractivity contribution in [2.24, 2.45) is 0 Å². The first-order chi connectivity index (χ1) is 12.8. The Kier molecular flexibility index (Phi) is 4.37. The predicted molar refractivity (Wildman–Crippen MR) is 98.5 cm³/mol.